The molecule has 8 heteroatoms. The summed E-state index contributed by atoms with van der Waals surface area (Å²) in [4.78, 5) is 30.7. The molecule has 3 aromatic rings. The molecule has 2 aliphatic rings. The molecule has 0 bridgehead atoms. The molecule has 5 heterocycles. The molecule has 0 saturated carbocycles. The highest BCUT2D eigenvalue weighted by atomic mass is 16.3. The molecule has 2 fully saturated rings. The van der Waals surface area contributed by atoms with E-state index in [0.717, 1.165) is 69.0 Å². The molecule has 8 nitrogen and oxygen atoms in total. The smallest absolute Gasteiger partial charge is 0.225 e. The summed E-state index contributed by atoms with van der Waals surface area (Å²) in [5.74, 6) is 1.95. The van der Waals surface area contributed by atoms with E-state index in [4.69, 9.17) is 9.40 Å². The van der Waals surface area contributed by atoms with E-state index in [1.165, 1.54) is 0 Å². The zero-order valence-electron chi connectivity index (χ0n) is 18.1. The molecule has 2 saturated heterocycles. The summed E-state index contributed by atoms with van der Waals surface area (Å²) in [5, 5.41) is 3.27. The minimum atomic E-state index is 0.0852. The van der Waals surface area contributed by atoms with Gasteiger partial charge in [0, 0.05) is 49.2 Å². The highest BCUT2D eigenvalue weighted by molar-refractivity contribution is 5.79. The Morgan fingerprint density at radius 2 is 2.00 bits per heavy atom. The Hall–Kier alpha value is -3.26. The van der Waals surface area contributed by atoms with Crippen LogP contribution in [0.4, 0.5) is 5.95 Å². The molecule has 0 spiro atoms. The Labute approximate surface area is 187 Å². The lowest BCUT2D eigenvalue weighted by molar-refractivity contribution is -0.127. The number of nitrogens with one attached hydrogen (secondary N) is 1. The number of carbonyl (C=O) groups is 1. The maximum atomic E-state index is 12.9. The van der Waals surface area contributed by atoms with Gasteiger partial charge in [-0.25, -0.2) is 9.97 Å². The van der Waals surface area contributed by atoms with Gasteiger partial charge in [0.25, 0.3) is 0 Å². The minimum absolute atomic E-state index is 0.0852. The SMILES string of the molecule is O=C(NC1CCN(c2nccc(-c3cccnc3)n2)C1)C1CCN(Cc2ccco2)CC1. The third kappa shape index (κ3) is 4.80. The van der Waals surface area contributed by atoms with Crippen LogP contribution in [-0.2, 0) is 11.3 Å². The van der Waals surface area contributed by atoms with E-state index in [1.54, 1.807) is 24.9 Å². The summed E-state index contributed by atoms with van der Waals surface area (Å²) >= 11 is 0. The third-order valence-electron chi connectivity index (χ3n) is 6.34. The first kappa shape index (κ1) is 20.6. The predicted octanol–water partition coefficient (Wildman–Crippen LogP) is 2.74. The van der Waals surface area contributed by atoms with Gasteiger partial charge in [-0.3, -0.25) is 14.7 Å². The molecule has 0 radical (unpaired) electrons. The van der Waals surface area contributed by atoms with E-state index in [0.29, 0.717) is 5.95 Å². The van der Waals surface area contributed by atoms with Crippen molar-refractivity contribution >= 4 is 11.9 Å². The average Bonchev–Trinajstić information content (AvgIpc) is 3.53. The number of hydrogen-bond acceptors (Lipinski definition) is 7. The van der Waals surface area contributed by atoms with Gasteiger partial charge in [0.2, 0.25) is 11.9 Å². The number of likely N-dealkylation sites (tertiary alicyclic amines) is 1. The Morgan fingerprint density at radius 1 is 1.09 bits per heavy atom. The molecule has 1 amide bonds. The van der Waals surface area contributed by atoms with Crippen molar-refractivity contribution in [1.29, 1.82) is 0 Å². The molecule has 5 rings (SSSR count). The number of nitrogens with zero attached hydrogens (tertiary/aromatic N) is 5. The van der Waals surface area contributed by atoms with Gasteiger partial charge in [0.15, 0.2) is 0 Å². The van der Waals surface area contributed by atoms with Crippen molar-refractivity contribution in [1.82, 2.24) is 25.2 Å². The average molecular weight is 433 g/mol. The maximum Gasteiger partial charge on any atom is 0.225 e. The number of pyridine rings is 1. The lowest BCUT2D eigenvalue weighted by Crippen LogP contribution is -2.44. The molecular formula is C24H28N6O2. The van der Waals surface area contributed by atoms with E-state index in [2.05, 4.69) is 25.1 Å². The van der Waals surface area contributed by atoms with Crippen molar-refractivity contribution in [2.24, 2.45) is 5.92 Å². The van der Waals surface area contributed by atoms with Crippen LogP contribution >= 0.6 is 0 Å². The summed E-state index contributed by atoms with van der Waals surface area (Å²) in [7, 11) is 0. The van der Waals surface area contributed by atoms with Crippen molar-refractivity contribution in [2.75, 3.05) is 31.1 Å². The van der Waals surface area contributed by atoms with E-state index in [1.807, 2.05) is 30.3 Å². The van der Waals surface area contributed by atoms with Gasteiger partial charge < -0.3 is 14.6 Å². The first-order valence-electron chi connectivity index (χ1n) is 11.3. The number of piperidine rings is 1. The fraction of sp³-hybridized carbons (Fsp3) is 0.417. The summed E-state index contributed by atoms with van der Waals surface area (Å²) in [6, 6.07) is 9.84. The zero-order chi connectivity index (χ0) is 21.8. The Morgan fingerprint density at radius 3 is 2.78 bits per heavy atom. The number of furan rings is 1. The van der Waals surface area contributed by atoms with Gasteiger partial charge in [0.1, 0.15) is 5.76 Å². The van der Waals surface area contributed by atoms with E-state index in [9.17, 15) is 4.79 Å². The second-order valence-electron chi connectivity index (χ2n) is 8.55. The van der Waals surface area contributed by atoms with Crippen LogP contribution in [-0.4, -0.2) is 58.0 Å². The molecule has 166 valence electrons. The number of aromatic nitrogens is 3. The van der Waals surface area contributed by atoms with E-state index >= 15 is 0 Å². The molecule has 0 aromatic carbocycles. The van der Waals surface area contributed by atoms with Crippen LogP contribution in [0.5, 0.6) is 0 Å². The first-order chi connectivity index (χ1) is 15.7. The van der Waals surface area contributed by atoms with Crippen molar-refractivity contribution in [3.63, 3.8) is 0 Å². The fourth-order valence-electron chi connectivity index (χ4n) is 4.53. The molecule has 1 N–H and O–H groups in total. The number of rotatable bonds is 6. The first-order valence-corrected chi connectivity index (χ1v) is 11.3. The lowest BCUT2D eigenvalue weighted by atomic mass is 9.95. The molecule has 0 aliphatic carbocycles. The van der Waals surface area contributed by atoms with Crippen molar-refractivity contribution in [3.05, 3.63) is 60.9 Å². The van der Waals surface area contributed by atoms with Crippen LogP contribution in [0.2, 0.25) is 0 Å². The van der Waals surface area contributed by atoms with E-state index in [-0.39, 0.29) is 17.9 Å². The predicted molar refractivity (Wildman–Crippen MR) is 121 cm³/mol. The van der Waals surface area contributed by atoms with Crippen molar-refractivity contribution in [2.45, 2.75) is 31.8 Å². The number of anilines is 1. The van der Waals surface area contributed by atoms with Crippen LogP contribution in [0, 0.1) is 5.92 Å². The molecule has 2 aliphatic heterocycles. The zero-order valence-corrected chi connectivity index (χ0v) is 18.1. The number of carbonyl (C=O) groups excluding carboxylic acids is 1. The number of hydrogen-bond donors (Lipinski definition) is 1. The molecule has 1 unspecified atom stereocenters. The quantitative estimate of drug-likeness (QED) is 0.641. The molecular weight excluding hydrogens is 404 g/mol. The normalized spacial score (nSPS) is 19.9. The monoisotopic (exact) mass is 432 g/mol. The van der Waals surface area contributed by atoms with Gasteiger partial charge in [-0.05, 0) is 62.7 Å². The topological polar surface area (TPSA) is 87.4 Å². The van der Waals surface area contributed by atoms with E-state index < -0.39 is 0 Å². The van der Waals surface area contributed by atoms with Crippen LogP contribution in [0.25, 0.3) is 11.3 Å². The molecule has 32 heavy (non-hydrogen) atoms. The van der Waals surface area contributed by atoms with Gasteiger partial charge in [-0.1, -0.05) is 0 Å². The summed E-state index contributed by atoms with van der Waals surface area (Å²) < 4.78 is 5.44. The van der Waals surface area contributed by atoms with Crippen molar-refractivity contribution < 1.29 is 9.21 Å². The summed E-state index contributed by atoms with van der Waals surface area (Å²) in [6.07, 6.45) is 9.73. The summed E-state index contributed by atoms with van der Waals surface area (Å²) in [5.41, 5.74) is 1.83. The molecule has 3 aromatic heterocycles. The van der Waals surface area contributed by atoms with Gasteiger partial charge in [0.05, 0.1) is 18.5 Å². The fourth-order valence-corrected chi connectivity index (χ4v) is 4.53. The van der Waals surface area contributed by atoms with Gasteiger partial charge in [-0.15, -0.1) is 0 Å². The van der Waals surface area contributed by atoms with Crippen molar-refractivity contribution in [3.8, 4) is 11.3 Å². The third-order valence-corrected chi connectivity index (χ3v) is 6.34. The lowest BCUT2D eigenvalue weighted by Gasteiger charge is -2.31. The van der Waals surface area contributed by atoms with Crippen LogP contribution in [0.15, 0.2) is 59.6 Å². The minimum Gasteiger partial charge on any atom is -0.468 e. The Balaban J connectivity index is 1.12. The van der Waals surface area contributed by atoms with Gasteiger partial charge >= 0.3 is 0 Å². The Bertz CT molecular complexity index is 1020. The number of amides is 1. The maximum absolute atomic E-state index is 12.9. The second kappa shape index (κ2) is 9.48. The highest BCUT2D eigenvalue weighted by Crippen LogP contribution is 2.23. The van der Waals surface area contributed by atoms with Gasteiger partial charge in [-0.2, -0.15) is 0 Å². The van der Waals surface area contributed by atoms with Crippen LogP contribution < -0.4 is 10.2 Å². The van der Waals surface area contributed by atoms with Crippen LogP contribution in [0.3, 0.4) is 0 Å². The standard InChI is InChI=1S/C24H28N6O2/c31-23(18-6-11-29(12-7-18)17-21-4-2-14-32-21)27-20-8-13-30(16-20)24-26-10-5-22(28-24)19-3-1-9-25-15-19/h1-5,9-10,14-15,18,20H,6-8,11-13,16-17H2,(H,27,31). The molecule has 1 atom stereocenters. The summed E-state index contributed by atoms with van der Waals surface area (Å²) in [6.45, 7) is 4.23. The largest absolute Gasteiger partial charge is 0.468 e. The second-order valence-corrected chi connectivity index (χ2v) is 8.55. The van der Waals surface area contributed by atoms with Crippen LogP contribution in [0.1, 0.15) is 25.0 Å². The Kier molecular flexibility index (Phi) is 6.11. The highest BCUT2D eigenvalue weighted by Gasteiger charge is 2.30.